The summed E-state index contributed by atoms with van der Waals surface area (Å²) in [6.45, 7) is 2.07. The molecule has 2 nitrogen and oxygen atoms in total. The van der Waals surface area contributed by atoms with Gasteiger partial charge in [0.05, 0.1) is 5.69 Å². The predicted octanol–water partition coefficient (Wildman–Crippen LogP) is 2.28. The highest BCUT2D eigenvalue weighted by Crippen LogP contribution is 2.30. The quantitative estimate of drug-likeness (QED) is 0.645. The molecule has 0 unspecified atom stereocenters. The first-order chi connectivity index (χ1) is 5.40. The summed E-state index contributed by atoms with van der Waals surface area (Å²) in [5, 5.41) is 1.06. The standard InChI is InChI=1S/C8H11NOS/c1-2-7-9-6-4-3-5-11-8(6)10-7/h2-5H2,1H3. The van der Waals surface area contributed by atoms with Crippen LogP contribution in [0.1, 0.15) is 24.9 Å². The summed E-state index contributed by atoms with van der Waals surface area (Å²) in [5.74, 6) is 2.08. The van der Waals surface area contributed by atoms with Gasteiger partial charge < -0.3 is 4.42 Å². The number of rotatable bonds is 1. The number of aromatic nitrogens is 1. The Morgan fingerprint density at radius 3 is 3.27 bits per heavy atom. The second-order valence-electron chi connectivity index (χ2n) is 2.65. The fraction of sp³-hybridized carbons (Fsp3) is 0.625. The van der Waals surface area contributed by atoms with Crippen LogP contribution in [0.15, 0.2) is 9.51 Å². The van der Waals surface area contributed by atoms with Crippen molar-refractivity contribution in [2.75, 3.05) is 5.75 Å². The lowest BCUT2D eigenvalue weighted by Gasteiger charge is -2.04. The van der Waals surface area contributed by atoms with Crippen molar-refractivity contribution in [3.8, 4) is 0 Å². The molecule has 0 saturated carbocycles. The van der Waals surface area contributed by atoms with Crippen LogP contribution in [-0.4, -0.2) is 10.7 Å². The van der Waals surface area contributed by atoms with Gasteiger partial charge in [0.2, 0.25) is 0 Å². The van der Waals surface area contributed by atoms with Gasteiger partial charge in [0, 0.05) is 12.2 Å². The average Bonchev–Trinajstić information content (AvgIpc) is 2.46. The van der Waals surface area contributed by atoms with Crippen molar-refractivity contribution >= 4 is 11.8 Å². The maximum atomic E-state index is 5.51. The molecule has 0 radical (unpaired) electrons. The third kappa shape index (κ3) is 1.29. The van der Waals surface area contributed by atoms with E-state index in [-0.39, 0.29) is 0 Å². The molecular weight excluding hydrogens is 158 g/mol. The van der Waals surface area contributed by atoms with E-state index in [1.807, 2.05) is 0 Å². The van der Waals surface area contributed by atoms with Gasteiger partial charge >= 0.3 is 0 Å². The lowest BCUT2D eigenvalue weighted by molar-refractivity contribution is 0.423. The zero-order valence-corrected chi connectivity index (χ0v) is 7.41. The van der Waals surface area contributed by atoms with Crippen LogP contribution in [-0.2, 0) is 12.8 Å². The van der Waals surface area contributed by atoms with Gasteiger partial charge in [0.1, 0.15) is 0 Å². The molecule has 0 fully saturated rings. The van der Waals surface area contributed by atoms with E-state index in [9.17, 15) is 0 Å². The van der Waals surface area contributed by atoms with Crippen LogP contribution in [0.5, 0.6) is 0 Å². The largest absolute Gasteiger partial charge is 0.434 e. The first-order valence-electron chi connectivity index (χ1n) is 4.01. The van der Waals surface area contributed by atoms with Crippen LogP contribution in [0.3, 0.4) is 0 Å². The summed E-state index contributed by atoms with van der Waals surface area (Å²) in [5.41, 5.74) is 1.18. The van der Waals surface area contributed by atoms with E-state index < -0.39 is 0 Å². The summed E-state index contributed by atoms with van der Waals surface area (Å²) in [6.07, 6.45) is 3.26. The molecule has 1 aliphatic heterocycles. The Hall–Kier alpha value is -0.440. The minimum atomic E-state index is 0.893. The molecule has 1 aromatic heterocycles. The summed E-state index contributed by atoms with van der Waals surface area (Å²) in [7, 11) is 0. The minimum absolute atomic E-state index is 0.893. The number of oxazole rings is 1. The first kappa shape index (κ1) is 7.22. The monoisotopic (exact) mass is 169 g/mol. The van der Waals surface area contributed by atoms with Crippen LogP contribution in [0.25, 0.3) is 0 Å². The topological polar surface area (TPSA) is 26.0 Å². The van der Waals surface area contributed by atoms with Crippen molar-refractivity contribution < 1.29 is 4.42 Å². The molecule has 0 spiro atoms. The summed E-state index contributed by atoms with van der Waals surface area (Å²) < 4.78 is 5.51. The maximum Gasteiger partial charge on any atom is 0.195 e. The van der Waals surface area contributed by atoms with Crippen molar-refractivity contribution in [3.63, 3.8) is 0 Å². The molecule has 0 bridgehead atoms. The van der Waals surface area contributed by atoms with Gasteiger partial charge in [-0.2, -0.15) is 0 Å². The third-order valence-electron chi connectivity index (χ3n) is 1.80. The minimum Gasteiger partial charge on any atom is -0.434 e. The fourth-order valence-corrected chi connectivity index (χ4v) is 2.15. The Morgan fingerprint density at radius 1 is 1.64 bits per heavy atom. The highest BCUT2D eigenvalue weighted by atomic mass is 32.2. The number of fused-ring (bicyclic) bond motifs is 1. The molecule has 60 valence electrons. The van der Waals surface area contributed by atoms with E-state index in [1.165, 1.54) is 17.9 Å². The zero-order chi connectivity index (χ0) is 7.68. The van der Waals surface area contributed by atoms with E-state index in [1.54, 1.807) is 11.8 Å². The van der Waals surface area contributed by atoms with Gasteiger partial charge in [-0.15, -0.1) is 0 Å². The summed E-state index contributed by atoms with van der Waals surface area (Å²) >= 11 is 1.80. The Balaban J connectivity index is 2.32. The molecule has 1 aromatic rings. The van der Waals surface area contributed by atoms with Gasteiger partial charge in [-0.05, 0) is 12.8 Å². The van der Waals surface area contributed by atoms with Crippen molar-refractivity contribution in [3.05, 3.63) is 11.6 Å². The molecule has 1 aliphatic rings. The van der Waals surface area contributed by atoms with Crippen LogP contribution < -0.4 is 0 Å². The average molecular weight is 169 g/mol. The van der Waals surface area contributed by atoms with Crippen LogP contribution >= 0.6 is 11.8 Å². The number of hydrogen-bond donors (Lipinski definition) is 0. The van der Waals surface area contributed by atoms with Crippen molar-refractivity contribution in [2.24, 2.45) is 0 Å². The second kappa shape index (κ2) is 2.89. The lowest BCUT2D eigenvalue weighted by Crippen LogP contribution is -1.95. The first-order valence-corrected chi connectivity index (χ1v) is 5.00. The summed E-state index contributed by atoms with van der Waals surface area (Å²) in [4.78, 5) is 4.38. The zero-order valence-electron chi connectivity index (χ0n) is 6.59. The summed E-state index contributed by atoms with van der Waals surface area (Å²) in [6, 6.07) is 0. The van der Waals surface area contributed by atoms with Gasteiger partial charge in [-0.3, -0.25) is 0 Å². The van der Waals surface area contributed by atoms with E-state index in [2.05, 4.69) is 11.9 Å². The molecule has 3 heteroatoms. The van der Waals surface area contributed by atoms with Crippen molar-refractivity contribution in [1.29, 1.82) is 0 Å². The molecule has 0 amide bonds. The molecule has 2 heterocycles. The highest BCUT2D eigenvalue weighted by Gasteiger charge is 2.16. The molecule has 2 rings (SSSR count). The maximum absolute atomic E-state index is 5.51. The van der Waals surface area contributed by atoms with E-state index in [0.717, 1.165) is 23.8 Å². The Labute approximate surface area is 70.4 Å². The fourth-order valence-electron chi connectivity index (χ4n) is 1.21. The van der Waals surface area contributed by atoms with Gasteiger partial charge in [0.15, 0.2) is 11.0 Å². The van der Waals surface area contributed by atoms with E-state index >= 15 is 0 Å². The van der Waals surface area contributed by atoms with Gasteiger partial charge in [-0.1, -0.05) is 18.7 Å². The van der Waals surface area contributed by atoms with Gasteiger partial charge in [0.25, 0.3) is 0 Å². The van der Waals surface area contributed by atoms with Gasteiger partial charge in [-0.25, -0.2) is 4.98 Å². The van der Waals surface area contributed by atoms with E-state index in [4.69, 9.17) is 4.42 Å². The molecule has 0 N–H and O–H groups in total. The van der Waals surface area contributed by atoms with Crippen LogP contribution in [0.2, 0.25) is 0 Å². The molecule has 0 saturated heterocycles. The highest BCUT2D eigenvalue weighted by molar-refractivity contribution is 7.99. The van der Waals surface area contributed by atoms with Crippen molar-refractivity contribution in [2.45, 2.75) is 31.3 Å². The SMILES string of the molecule is CCc1nc2c(o1)SCCC2. The van der Waals surface area contributed by atoms with Crippen LogP contribution in [0, 0.1) is 0 Å². The molecular formula is C8H11NOS. The Morgan fingerprint density at radius 2 is 2.55 bits per heavy atom. The smallest absolute Gasteiger partial charge is 0.195 e. The lowest BCUT2D eigenvalue weighted by atomic mass is 10.3. The Kier molecular flexibility index (Phi) is 1.90. The molecule has 11 heavy (non-hydrogen) atoms. The molecule has 0 atom stereocenters. The number of thioether (sulfide) groups is 1. The van der Waals surface area contributed by atoms with Crippen LogP contribution in [0.4, 0.5) is 0 Å². The molecule has 0 aliphatic carbocycles. The predicted molar refractivity (Wildman–Crippen MR) is 44.9 cm³/mol. The number of nitrogens with zero attached hydrogens (tertiary/aromatic N) is 1. The normalized spacial score (nSPS) is 16.5. The molecule has 0 aromatic carbocycles. The number of aryl methyl sites for hydroxylation is 2. The van der Waals surface area contributed by atoms with E-state index in [0.29, 0.717) is 0 Å². The Bertz CT molecular complexity index is 233. The number of hydrogen-bond acceptors (Lipinski definition) is 3. The second-order valence-corrected chi connectivity index (χ2v) is 3.72. The van der Waals surface area contributed by atoms with Crippen molar-refractivity contribution in [1.82, 2.24) is 4.98 Å². The third-order valence-corrected chi connectivity index (χ3v) is 2.87.